The van der Waals surface area contributed by atoms with Crippen LogP contribution in [0.25, 0.3) is 0 Å². The molecule has 1 fully saturated rings. The zero-order valence-corrected chi connectivity index (χ0v) is 17.6. The predicted molar refractivity (Wildman–Crippen MR) is 122 cm³/mol. The van der Waals surface area contributed by atoms with E-state index >= 15 is 0 Å². The molecular formula is C23H31N5O2. The van der Waals surface area contributed by atoms with Gasteiger partial charge in [0.05, 0.1) is 19.8 Å². The van der Waals surface area contributed by atoms with Crippen molar-refractivity contribution in [3.63, 3.8) is 0 Å². The quantitative estimate of drug-likeness (QED) is 0.584. The van der Waals surface area contributed by atoms with E-state index in [0.29, 0.717) is 31.8 Å². The minimum atomic E-state index is 0.340. The van der Waals surface area contributed by atoms with E-state index in [2.05, 4.69) is 57.4 Å². The molecule has 2 aliphatic heterocycles. The van der Waals surface area contributed by atoms with Crippen molar-refractivity contribution < 1.29 is 9.47 Å². The van der Waals surface area contributed by atoms with Gasteiger partial charge in [-0.2, -0.15) is 0 Å². The lowest BCUT2D eigenvalue weighted by molar-refractivity contribution is 0.201. The van der Waals surface area contributed by atoms with Crippen LogP contribution in [0.15, 0.2) is 53.5 Å². The lowest BCUT2D eigenvalue weighted by atomic mass is 10.2. The summed E-state index contributed by atoms with van der Waals surface area (Å²) in [5, 5.41) is 3.16. The van der Waals surface area contributed by atoms with Crippen molar-refractivity contribution in [2.24, 2.45) is 10.7 Å². The zero-order chi connectivity index (χ0) is 20.8. The van der Waals surface area contributed by atoms with Crippen LogP contribution in [0.1, 0.15) is 13.3 Å². The lowest BCUT2D eigenvalue weighted by Gasteiger charge is -2.38. The smallest absolute Gasteiger partial charge is 0.193 e. The number of piperazine rings is 1. The molecule has 160 valence electrons. The number of aliphatic imine (C=N–C) groups is 1. The summed E-state index contributed by atoms with van der Waals surface area (Å²) in [5.41, 5.74) is 8.28. The molecule has 0 amide bonds. The van der Waals surface area contributed by atoms with Crippen LogP contribution in [0.4, 0.5) is 11.4 Å². The molecule has 1 unspecified atom stereocenters. The molecule has 0 bridgehead atoms. The third kappa shape index (κ3) is 5.16. The molecule has 1 atom stereocenters. The van der Waals surface area contributed by atoms with Crippen molar-refractivity contribution in [1.29, 1.82) is 0 Å². The van der Waals surface area contributed by atoms with Gasteiger partial charge in [-0.05, 0) is 31.2 Å². The monoisotopic (exact) mass is 409 g/mol. The summed E-state index contributed by atoms with van der Waals surface area (Å²) in [5.74, 6) is 1.94. The van der Waals surface area contributed by atoms with Crippen molar-refractivity contribution >= 4 is 17.3 Å². The first-order chi connectivity index (χ1) is 14.7. The number of fused-ring (bicyclic) bond motifs is 1. The second-order valence-corrected chi connectivity index (χ2v) is 7.77. The van der Waals surface area contributed by atoms with Gasteiger partial charge >= 0.3 is 0 Å². The Morgan fingerprint density at radius 2 is 1.77 bits per heavy atom. The SMILES string of the molecule is CC(CN=C(N)Nc1ccc2c(c1)OCCCO2)N1CCN(c2ccccc2)CC1. The molecule has 7 nitrogen and oxygen atoms in total. The highest BCUT2D eigenvalue weighted by atomic mass is 16.5. The second kappa shape index (κ2) is 9.71. The van der Waals surface area contributed by atoms with Gasteiger partial charge in [-0.15, -0.1) is 0 Å². The number of benzene rings is 2. The van der Waals surface area contributed by atoms with Crippen LogP contribution in [-0.2, 0) is 0 Å². The highest BCUT2D eigenvalue weighted by Gasteiger charge is 2.21. The Bertz CT molecular complexity index is 850. The van der Waals surface area contributed by atoms with E-state index in [9.17, 15) is 0 Å². The minimum absolute atomic E-state index is 0.340. The Kier molecular flexibility index (Phi) is 6.59. The van der Waals surface area contributed by atoms with Gasteiger partial charge in [0.25, 0.3) is 0 Å². The summed E-state index contributed by atoms with van der Waals surface area (Å²) in [6.07, 6.45) is 0.887. The van der Waals surface area contributed by atoms with Crippen molar-refractivity contribution in [2.75, 3.05) is 56.2 Å². The minimum Gasteiger partial charge on any atom is -0.490 e. The average molecular weight is 410 g/mol. The first kappa shape index (κ1) is 20.3. The number of hydrogen-bond donors (Lipinski definition) is 2. The summed E-state index contributed by atoms with van der Waals surface area (Å²) in [7, 11) is 0. The van der Waals surface area contributed by atoms with Crippen LogP contribution in [0.5, 0.6) is 11.5 Å². The van der Waals surface area contributed by atoms with E-state index in [1.54, 1.807) is 0 Å². The molecule has 2 aromatic carbocycles. The summed E-state index contributed by atoms with van der Waals surface area (Å²) in [6, 6.07) is 16.7. The van der Waals surface area contributed by atoms with Crippen molar-refractivity contribution in [3.8, 4) is 11.5 Å². The summed E-state index contributed by atoms with van der Waals surface area (Å²) in [4.78, 5) is 9.47. The molecule has 0 spiro atoms. The number of hydrogen-bond acceptors (Lipinski definition) is 5. The molecule has 7 heteroatoms. The van der Waals surface area contributed by atoms with E-state index in [4.69, 9.17) is 15.2 Å². The molecule has 3 N–H and O–H groups in total. The van der Waals surface area contributed by atoms with Gasteiger partial charge in [0, 0.05) is 56.1 Å². The highest BCUT2D eigenvalue weighted by Crippen LogP contribution is 2.32. The van der Waals surface area contributed by atoms with Gasteiger partial charge in [0.15, 0.2) is 17.5 Å². The number of nitrogens with two attached hydrogens (primary N) is 1. The third-order valence-electron chi connectivity index (χ3n) is 5.60. The van der Waals surface area contributed by atoms with Gasteiger partial charge in [-0.3, -0.25) is 9.89 Å². The predicted octanol–water partition coefficient (Wildman–Crippen LogP) is 2.79. The Morgan fingerprint density at radius 1 is 1.03 bits per heavy atom. The summed E-state index contributed by atoms with van der Waals surface area (Å²) >= 11 is 0. The average Bonchev–Trinajstić information content (AvgIpc) is 3.03. The number of guanidine groups is 1. The molecule has 2 aromatic rings. The molecule has 0 aromatic heterocycles. The molecule has 0 saturated carbocycles. The largest absolute Gasteiger partial charge is 0.490 e. The van der Waals surface area contributed by atoms with Crippen LogP contribution in [-0.4, -0.2) is 62.8 Å². The van der Waals surface area contributed by atoms with Crippen LogP contribution in [0.3, 0.4) is 0 Å². The molecule has 0 aliphatic carbocycles. The van der Waals surface area contributed by atoms with Crippen LogP contribution in [0.2, 0.25) is 0 Å². The molecule has 1 saturated heterocycles. The second-order valence-electron chi connectivity index (χ2n) is 7.77. The fraction of sp³-hybridized carbons (Fsp3) is 0.435. The molecule has 0 radical (unpaired) electrons. The standard InChI is InChI=1S/C23H31N5O2/c1-18(27-10-12-28(13-11-27)20-6-3-2-4-7-20)17-25-23(24)26-19-8-9-21-22(16-19)30-15-5-14-29-21/h2-4,6-9,16,18H,5,10-15,17H2,1H3,(H3,24,25,26). The Hall–Kier alpha value is -2.93. The van der Waals surface area contributed by atoms with Gasteiger partial charge in [-0.1, -0.05) is 18.2 Å². The maximum atomic E-state index is 6.13. The molecular weight excluding hydrogens is 378 g/mol. The molecule has 2 aliphatic rings. The van der Waals surface area contributed by atoms with E-state index in [1.807, 2.05) is 18.2 Å². The first-order valence-corrected chi connectivity index (χ1v) is 10.7. The van der Waals surface area contributed by atoms with Crippen molar-refractivity contribution in [3.05, 3.63) is 48.5 Å². The zero-order valence-electron chi connectivity index (χ0n) is 17.6. The summed E-state index contributed by atoms with van der Waals surface area (Å²) in [6.45, 7) is 8.33. The fourth-order valence-corrected chi connectivity index (χ4v) is 3.83. The topological polar surface area (TPSA) is 75.3 Å². The molecule has 4 rings (SSSR count). The van der Waals surface area contributed by atoms with Crippen molar-refractivity contribution in [2.45, 2.75) is 19.4 Å². The van der Waals surface area contributed by atoms with Crippen LogP contribution >= 0.6 is 0 Å². The van der Waals surface area contributed by atoms with E-state index < -0.39 is 0 Å². The third-order valence-corrected chi connectivity index (χ3v) is 5.60. The maximum Gasteiger partial charge on any atom is 0.193 e. The van der Waals surface area contributed by atoms with Crippen LogP contribution in [0, 0.1) is 0 Å². The Morgan fingerprint density at radius 3 is 2.53 bits per heavy atom. The van der Waals surface area contributed by atoms with Gasteiger partial charge in [0.2, 0.25) is 0 Å². The Balaban J connectivity index is 1.27. The molecule has 30 heavy (non-hydrogen) atoms. The van der Waals surface area contributed by atoms with E-state index in [0.717, 1.165) is 49.8 Å². The lowest BCUT2D eigenvalue weighted by Crippen LogP contribution is -2.50. The Labute approximate surface area is 178 Å². The van der Waals surface area contributed by atoms with Crippen molar-refractivity contribution in [1.82, 2.24) is 4.90 Å². The van der Waals surface area contributed by atoms with Gasteiger partial charge in [0.1, 0.15) is 0 Å². The highest BCUT2D eigenvalue weighted by molar-refractivity contribution is 5.92. The van der Waals surface area contributed by atoms with Gasteiger partial charge < -0.3 is 25.4 Å². The number of anilines is 2. The van der Waals surface area contributed by atoms with Crippen LogP contribution < -0.4 is 25.4 Å². The normalized spacial score (nSPS) is 18.6. The van der Waals surface area contributed by atoms with Gasteiger partial charge in [-0.25, -0.2) is 0 Å². The number of nitrogens with one attached hydrogen (secondary N) is 1. The number of rotatable bonds is 5. The first-order valence-electron chi connectivity index (χ1n) is 10.7. The number of nitrogens with zero attached hydrogens (tertiary/aromatic N) is 3. The number of ether oxygens (including phenoxy) is 2. The van der Waals surface area contributed by atoms with E-state index in [1.165, 1.54) is 5.69 Å². The maximum absolute atomic E-state index is 6.13. The van der Waals surface area contributed by atoms with E-state index in [-0.39, 0.29) is 0 Å². The molecule has 2 heterocycles. The summed E-state index contributed by atoms with van der Waals surface area (Å²) < 4.78 is 11.4. The number of para-hydroxylation sites is 1. The fourth-order valence-electron chi connectivity index (χ4n) is 3.83.